The van der Waals surface area contributed by atoms with Gasteiger partial charge in [0.1, 0.15) is 11.4 Å². The molecule has 4 heteroatoms. The van der Waals surface area contributed by atoms with E-state index in [2.05, 4.69) is 5.32 Å². The van der Waals surface area contributed by atoms with E-state index in [-0.39, 0.29) is 5.91 Å². The van der Waals surface area contributed by atoms with E-state index in [1.165, 1.54) is 0 Å². The summed E-state index contributed by atoms with van der Waals surface area (Å²) in [6.45, 7) is 10.3. The van der Waals surface area contributed by atoms with Gasteiger partial charge in [-0.1, -0.05) is 13.8 Å². The standard InChI is InChI=1S/C17H27NO3/c1-7-9-21-17(5,8-2)16(19)18-14-10-12(3)15(20-6)13(4)11-14/h10-11H,7-9H2,1-6H3,(H,18,19)/t17-/m1/s1. The molecular weight excluding hydrogens is 266 g/mol. The Morgan fingerprint density at radius 1 is 1.24 bits per heavy atom. The monoisotopic (exact) mass is 293 g/mol. The molecule has 1 atom stereocenters. The molecule has 1 aromatic carbocycles. The molecule has 1 aromatic rings. The van der Waals surface area contributed by atoms with Crippen molar-refractivity contribution in [2.45, 2.75) is 53.1 Å². The molecule has 0 fully saturated rings. The Kier molecular flexibility index (Phi) is 6.21. The van der Waals surface area contributed by atoms with E-state index < -0.39 is 5.60 Å². The third-order valence-corrected chi connectivity index (χ3v) is 3.70. The molecule has 0 saturated heterocycles. The van der Waals surface area contributed by atoms with Crippen LogP contribution < -0.4 is 10.1 Å². The van der Waals surface area contributed by atoms with Gasteiger partial charge in [0.2, 0.25) is 0 Å². The number of rotatable bonds is 7. The molecule has 0 heterocycles. The highest BCUT2D eigenvalue weighted by atomic mass is 16.5. The highest BCUT2D eigenvalue weighted by Gasteiger charge is 2.32. The van der Waals surface area contributed by atoms with Gasteiger partial charge in [-0.2, -0.15) is 0 Å². The molecule has 0 bridgehead atoms. The zero-order chi connectivity index (χ0) is 16.0. The van der Waals surface area contributed by atoms with Crippen molar-refractivity contribution in [3.8, 4) is 5.75 Å². The van der Waals surface area contributed by atoms with Crippen LogP contribution in [-0.2, 0) is 9.53 Å². The van der Waals surface area contributed by atoms with E-state index in [4.69, 9.17) is 9.47 Å². The summed E-state index contributed by atoms with van der Waals surface area (Å²) in [5, 5.41) is 2.96. The number of nitrogens with one attached hydrogen (secondary N) is 1. The first kappa shape index (κ1) is 17.5. The van der Waals surface area contributed by atoms with Gasteiger partial charge in [0, 0.05) is 12.3 Å². The lowest BCUT2D eigenvalue weighted by Crippen LogP contribution is -2.42. The molecule has 0 saturated carbocycles. The quantitative estimate of drug-likeness (QED) is 0.830. The smallest absolute Gasteiger partial charge is 0.256 e. The van der Waals surface area contributed by atoms with Crippen LogP contribution in [0.15, 0.2) is 12.1 Å². The zero-order valence-corrected chi connectivity index (χ0v) is 14.0. The van der Waals surface area contributed by atoms with Gasteiger partial charge in [0.25, 0.3) is 5.91 Å². The van der Waals surface area contributed by atoms with Gasteiger partial charge in [0.05, 0.1) is 7.11 Å². The van der Waals surface area contributed by atoms with Gasteiger partial charge >= 0.3 is 0 Å². The Bertz CT molecular complexity index is 476. The molecule has 1 amide bonds. The lowest BCUT2D eigenvalue weighted by molar-refractivity contribution is -0.139. The van der Waals surface area contributed by atoms with Crippen molar-refractivity contribution in [3.63, 3.8) is 0 Å². The Hall–Kier alpha value is -1.55. The Morgan fingerprint density at radius 2 is 1.81 bits per heavy atom. The molecule has 0 aliphatic heterocycles. The van der Waals surface area contributed by atoms with E-state index in [0.29, 0.717) is 13.0 Å². The minimum absolute atomic E-state index is 0.109. The molecule has 0 aliphatic rings. The van der Waals surface area contributed by atoms with Crippen LogP contribution in [0.25, 0.3) is 0 Å². The summed E-state index contributed by atoms with van der Waals surface area (Å²) in [5.41, 5.74) is 1.98. The lowest BCUT2D eigenvalue weighted by Gasteiger charge is -2.27. The minimum atomic E-state index is -0.794. The second-order valence-electron chi connectivity index (χ2n) is 5.53. The first-order valence-corrected chi connectivity index (χ1v) is 7.48. The summed E-state index contributed by atoms with van der Waals surface area (Å²) >= 11 is 0. The van der Waals surface area contributed by atoms with E-state index in [1.54, 1.807) is 7.11 Å². The van der Waals surface area contributed by atoms with Crippen molar-refractivity contribution >= 4 is 11.6 Å². The number of hydrogen-bond donors (Lipinski definition) is 1. The zero-order valence-electron chi connectivity index (χ0n) is 14.0. The molecular formula is C17H27NO3. The number of anilines is 1. The summed E-state index contributed by atoms with van der Waals surface area (Å²) < 4.78 is 11.1. The Morgan fingerprint density at radius 3 is 2.24 bits per heavy atom. The fraction of sp³-hybridized carbons (Fsp3) is 0.588. The van der Waals surface area contributed by atoms with Gasteiger partial charge in [-0.05, 0) is 56.9 Å². The van der Waals surface area contributed by atoms with Crippen LogP contribution in [0, 0.1) is 13.8 Å². The van der Waals surface area contributed by atoms with Crippen molar-refractivity contribution in [1.82, 2.24) is 0 Å². The summed E-state index contributed by atoms with van der Waals surface area (Å²) in [7, 11) is 1.65. The third kappa shape index (κ3) is 4.21. The second-order valence-corrected chi connectivity index (χ2v) is 5.53. The van der Waals surface area contributed by atoms with Crippen LogP contribution in [0.1, 0.15) is 44.7 Å². The number of benzene rings is 1. The van der Waals surface area contributed by atoms with Crippen LogP contribution >= 0.6 is 0 Å². The van der Waals surface area contributed by atoms with E-state index in [1.807, 2.05) is 46.8 Å². The number of aryl methyl sites for hydroxylation is 2. The highest BCUT2D eigenvalue weighted by Crippen LogP contribution is 2.28. The molecule has 1 N–H and O–H groups in total. The van der Waals surface area contributed by atoms with Crippen LogP contribution in [0.2, 0.25) is 0 Å². The number of carbonyl (C=O) groups excluding carboxylic acids is 1. The van der Waals surface area contributed by atoms with Crippen LogP contribution in [0.4, 0.5) is 5.69 Å². The number of carbonyl (C=O) groups is 1. The maximum atomic E-state index is 12.5. The predicted molar refractivity (Wildman–Crippen MR) is 86.0 cm³/mol. The molecule has 0 aromatic heterocycles. The van der Waals surface area contributed by atoms with E-state index in [9.17, 15) is 4.79 Å². The van der Waals surface area contributed by atoms with Gasteiger partial charge < -0.3 is 14.8 Å². The molecule has 4 nitrogen and oxygen atoms in total. The molecule has 0 radical (unpaired) electrons. The average Bonchev–Trinajstić information content (AvgIpc) is 2.44. The topological polar surface area (TPSA) is 47.6 Å². The van der Waals surface area contributed by atoms with Crippen LogP contribution in [-0.4, -0.2) is 25.2 Å². The molecule has 118 valence electrons. The van der Waals surface area contributed by atoms with Crippen molar-refractivity contribution in [2.75, 3.05) is 19.0 Å². The van der Waals surface area contributed by atoms with Gasteiger partial charge in [-0.25, -0.2) is 0 Å². The lowest BCUT2D eigenvalue weighted by atomic mass is 10.0. The summed E-state index contributed by atoms with van der Waals surface area (Å²) in [5.74, 6) is 0.746. The van der Waals surface area contributed by atoms with E-state index >= 15 is 0 Å². The van der Waals surface area contributed by atoms with Crippen LogP contribution in [0.3, 0.4) is 0 Å². The predicted octanol–water partition coefficient (Wildman–Crippen LogP) is 3.85. The highest BCUT2D eigenvalue weighted by molar-refractivity contribution is 5.97. The van der Waals surface area contributed by atoms with Gasteiger partial charge in [-0.3, -0.25) is 4.79 Å². The van der Waals surface area contributed by atoms with Crippen molar-refractivity contribution in [1.29, 1.82) is 0 Å². The molecule has 21 heavy (non-hydrogen) atoms. The van der Waals surface area contributed by atoms with E-state index in [0.717, 1.165) is 29.0 Å². The Balaban J connectivity index is 2.92. The minimum Gasteiger partial charge on any atom is -0.496 e. The maximum Gasteiger partial charge on any atom is 0.256 e. The Labute approximate surface area is 127 Å². The molecule has 1 rings (SSSR count). The maximum absolute atomic E-state index is 12.5. The number of methoxy groups -OCH3 is 1. The van der Waals surface area contributed by atoms with Crippen molar-refractivity contribution in [3.05, 3.63) is 23.3 Å². The van der Waals surface area contributed by atoms with Gasteiger partial charge in [0.15, 0.2) is 0 Å². The third-order valence-electron chi connectivity index (χ3n) is 3.70. The normalized spacial score (nSPS) is 13.6. The van der Waals surface area contributed by atoms with Crippen LogP contribution in [0.5, 0.6) is 5.75 Å². The average molecular weight is 293 g/mol. The SMILES string of the molecule is CCCO[C@](C)(CC)C(=O)Nc1cc(C)c(OC)c(C)c1. The fourth-order valence-corrected chi connectivity index (χ4v) is 2.26. The first-order chi connectivity index (χ1) is 9.87. The summed E-state index contributed by atoms with van der Waals surface area (Å²) in [6.07, 6.45) is 1.52. The van der Waals surface area contributed by atoms with Crippen molar-refractivity contribution in [2.24, 2.45) is 0 Å². The second kappa shape index (κ2) is 7.46. The van der Waals surface area contributed by atoms with Crippen molar-refractivity contribution < 1.29 is 14.3 Å². The summed E-state index contributed by atoms with van der Waals surface area (Å²) in [4.78, 5) is 12.5. The number of ether oxygens (including phenoxy) is 2. The molecule has 0 aliphatic carbocycles. The van der Waals surface area contributed by atoms with Gasteiger partial charge in [-0.15, -0.1) is 0 Å². The fourth-order valence-electron chi connectivity index (χ4n) is 2.26. The molecule has 0 unspecified atom stereocenters. The number of hydrogen-bond acceptors (Lipinski definition) is 3. The molecule has 0 spiro atoms. The first-order valence-electron chi connectivity index (χ1n) is 7.48. The number of amides is 1. The summed E-state index contributed by atoms with van der Waals surface area (Å²) in [6, 6.07) is 3.83. The largest absolute Gasteiger partial charge is 0.496 e.